The largest absolute Gasteiger partial charge is 1.00 e. The summed E-state index contributed by atoms with van der Waals surface area (Å²) in [6.45, 7) is 7.17. The summed E-state index contributed by atoms with van der Waals surface area (Å²) in [5.74, 6) is 0.923. The highest BCUT2D eigenvalue weighted by Crippen LogP contribution is 2.49. The Kier molecular flexibility index (Phi) is 5.38. The molecule has 1 N–H and O–H groups in total. The van der Waals surface area contributed by atoms with Crippen LogP contribution in [0.15, 0.2) is 60.7 Å². The Hall–Kier alpha value is -1.16. The summed E-state index contributed by atoms with van der Waals surface area (Å²) >= 11 is 0. The topological polar surface area (TPSA) is 20.2 Å². The quantitative estimate of drug-likeness (QED) is 0.751. The molecular formula is C22H28BrNO. The zero-order chi connectivity index (χ0) is 16.6. The SMILES string of the molecule is CC[N+]12CCC(CC1)C(C(O)(c1ccccc1)c1ccccc1)C2.[Br-]. The number of aliphatic hydroxyl groups is 1. The molecule has 2 aromatic rings. The molecule has 134 valence electrons. The third kappa shape index (κ3) is 3.07. The number of benzene rings is 2. The van der Waals surface area contributed by atoms with Crippen molar-refractivity contribution in [2.75, 3.05) is 26.2 Å². The molecule has 0 aromatic heterocycles. The lowest BCUT2D eigenvalue weighted by molar-refractivity contribution is -0.946. The fraction of sp³-hybridized carbons (Fsp3) is 0.455. The van der Waals surface area contributed by atoms with E-state index in [1.54, 1.807) is 0 Å². The first-order chi connectivity index (χ1) is 11.7. The number of fused-ring (bicyclic) bond motifs is 3. The molecule has 1 unspecified atom stereocenters. The highest BCUT2D eigenvalue weighted by atomic mass is 79.9. The maximum absolute atomic E-state index is 12.1. The van der Waals surface area contributed by atoms with Crippen LogP contribution in [0.4, 0.5) is 0 Å². The molecule has 0 saturated carbocycles. The average molecular weight is 402 g/mol. The van der Waals surface area contributed by atoms with Gasteiger partial charge in [-0.25, -0.2) is 0 Å². The van der Waals surface area contributed by atoms with Crippen molar-refractivity contribution >= 4 is 0 Å². The van der Waals surface area contributed by atoms with Crippen LogP contribution in [0.2, 0.25) is 0 Å². The fourth-order valence-corrected chi connectivity index (χ4v) is 5.18. The van der Waals surface area contributed by atoms with Crippen LogP contribution >= 0.6 is 0 Å². The normalized spacial score (nSPS) is 28.4. The summed E-state index contributed by atoms with van der Waals surface area (Å²) in [5, 5.41) is 12.1. The second kappa shape index (κ2) is 7.22. The number of hydrogen-bond acceptors (Lipinski definition) is 1. The molecule has 3 saturated heterocycles. The van der Waals surface area contributed by atoms with Gasteiger partial charge in [0.1, 0.15) is 5.60 Å². The van der Waals surface area contributed by atoms with E-state index in [0.29, 0.717) is 11.8 Å². The van der Waals surface area contributed by atoms with Crippen LogP contribution in [0.1, 0.15) is 30.9 Å². The summed E-state index contributed by atoms with van der Waals surface area (Å²) in [5.41, 5.74) is 1.21. The van der Waals surface area contributed by atoms with Gasteiger partial charge in [-0.1, -0.05) is 60.7 Å². The van der Waals surface area contributed by atoms with Gasteiger partial charge in [-0.15, -0.1) is 0 Å². The van der Waals surface area contributed by atoms with Crippen LogP contribution in [0.25, 0.3) is 0 Å². The Morgan fingerprint density at radius 3 is 1.84 bits per heavy atom. The molecule has 1 atom stereocenters. The van der Waals surface area contributed by atoms with Gasteiger partial charge in [0.2, 0.25) is 0 Å². The van der Waals surface area contributed by atoms with E-state index < -0.39 is 5.60 Å². The molecule has 2 bridgehead atoms. The molecule has 2 nitrogen and oxygen atoms in total. The minimum absolute atomic E-state index is 0. The molecule has 3 aliphatic rings. The molecule has 0 spiro atoms. The Morgan fingerprint density at radius 2 is 1.40 bits per heavy atom. The molecule has 0 amide bonds. The van der Waals surface area contributed by atoms with Crippen LogP contribution in [0.5, 0.6) is 0 Å². The third-order valence-corrected chi connectivity index (χ3v) is 6.74. The van der Waals surface area contributed by atoms with E-state index in [2.05, 4.69) is 55.5 Å². The molecule has 0 radical (unpaired) electrons. The first-order valence-electron chi connectivity index (χ1n) is 9.36. The van der Waals surface area contributed by atoms with Crippen molar-refractivity contribution in [3.05, 3.63) is 71.8 Å². The minimum Gasteiger partial charge on any atom is -1.00 e. The van der Waals surface area contributed by atoms with Crippen molar-refractivity contribution in [3.8, 4) is 0 Å². The number of hydrogen-bond donors (Lipinski definition) is 1. The van der Waals surface area contributed by atoms with Gasteiger partial charge in [-0.05, 0) is 24.0 Å². The van der Waals surface area contributed by atoms with E-state index in [4.69, 9.17) is 0 Å². The second-order valence-corrected chi connectivity index (χ2v) is 7.73. The number of halogens is 1. The van der Waals surface area contributed by atoms with E-state index in [0.717, 1.165) is 17.7 Å². The van der Waals surface area contributed by atoms with Crippen LogP contribution in [0.3, 0.4) is 0 Å². The lowest BCUT2D eigenvalue weighted by atomic mass is 9.64. The summed E-state index contributed by atoms with van der Waals surface area (Å²) in [7, 11) is 0. The maximum Gasteiger partial charge on any atom is 0.123 e. The van der Waals surface area contributed by atoms with Crippen molar-refractivity contribution in [2.45, 2.75) is 25.4 Å². The number of nitrogens with zero attached hydrogens (tertiary/aromatic N) is 1. The average Bonchev–Trinajstić information content (AvgIpc) is 2.69. The predicted molar refractivity (Wildman–Crippen MR) is 97.5 cm³/mol. The molecule has 2 aromatic carbocycles. The minimum atomic E-state index is -0.882. The van der Waals surface area contributed by atoms with Gasteiger partial charge in [0, 0.05) is 18.8 Å². The van der Waals surface area contributed by atoms with E-state index in [-0.39, 0.29) is 17.0 Å². The highest BCUT2D eigenvalue weighted by Gasteiger charge is 2.54. The van der Waals surface area contributed by atoms with Crippen LogP contribution in [0, 0.1) is 11.8 Å². The molecule has 25 heavy (non-hydrogen) atoms. The van der Waals surface area contributed by atoms with Crippen molar-refractivity contribution in [3.63, 3.8) is 0 Å². The lowest BCUT2D eigenvalue weighted by Crippen LogP contribution is -3.00. The fourth-order valence-electron chi connectivity index (χ4n) is 5.18. The molecular weight excluding hydrogens is 374 g/mol. The van der Waals surface area contributed by atoms with Crippen molar-refractivity contribution in [1.82, 2.24) is 0 Å². The van der Waals surface area contributed by atoms with Gasteiger partial charge in [-0.3, -0.25) is 0 Å². The summed E-state index contributed by atoms with van der Waals surface area (Å²) < 4.78 is 1.18. The highest BCUT2D eigenvalue weighted by molar-refractivity contribution is 5.37. The lowest BCUT2D eigenvalue weighted by Gasteiger charge is -2.56. The molecule has 3 aliphatic heterocycles. The van der Waals surface area contributed by atoms with E-state index in [1.165, 1.54) is 37.0 Å². The van der Waals surface area contributed by atoms with Gasteiger partial charge in [0.15, 0.2) is 0 Å². The van der Waals surface area contributed by atoms with Gasteiger partial charge >= 0.3 is 0 Å². The number of piperidine rings is 3. The molecule has 3 fully saturated rings. The number of rotatable bonds is 4. The first kappa shape index (κ1) is 18.6. The van der Waals surface area contributed by atoms with Crippen molar-refractivity contribution < 1.29 is 26.6 Å². The molecule has 5 rings (SSSR count). The van der Waals surface area contributed by atoms with E-state index in [9.17, 15) is 5.11 Å². The molecule has 3 heterocycles. The Bertz CT molecular complexity index is 640. The standard InChI is InChI=1S/C22H28NO.BrH/c1-2-23-15-13-18(14-16-23)21(17-23)22(24,19-9-5-3-6-10-19)20-11-7-4-8-12-20;/h3-12,18,21,24H,2,13-17H2,1H3;1H/q+1;/p-1. The van der Waals surface area contributed by atoms with Gasteiger partial charge in [0.05, 0.1) is 26.2 Å². The van der Waals surface area contributed by atoms with Crippen LogP contribution < -0.4 is 17.0 Å². The first-order valence-corrected chi connectivity index (χ1v) is 9.36. The summed E-state index contributed by atoms with van der Waals surface area (Å²) in [6, 6.07) is 20.7. The summed E-state index contributed by atoms with van der Waals surface area (Å²) in [6.07, 6.45) is 2.50. The van der Waals surface area contributed by atoms with Gasteiger partial charge in [-0.2, -0.15) is 0 Å². The van der Waals surface area contributed by atoms with Crippen LogP contribution in [-0.4, -0.2) is 35.8 Å². The molecule has 3 heteroatoms. The second-order valence-electron chi connectivity index (χ2n) is 7.73. The van der Waals surface area contributed by atoms with Gasteiger partial charge in [0.25, 0.3) is 0 Å². The van der Waals surface area contributed by atoms with Crippen LogP contribution in [-0.2, 0) is 5.60 Å². The van der Waals surface area contributed by atoms with E-state index >= 15 is 0 Å². The Balaban J connectivity index is 0.00000182. The number of quaternary nitrogens is 1. The Morgan fingerprint density at radius 1 is 0.920 bits per heavy atom. The smallest absolute Gasteiger partial charge is 0.123 e. The molecule has 0 aliphatic carbocycles. The van der Waals surface area contributed by atoms with E-state index in [1.807, 2.05) is 12.1 Å². The Labute approximate surface area is 161 Å². The van der Waals surface area contributed by atoms with Gasteiger partial charge < -0.3 is 26.6 Å². The third-order valence-electron chi connectivity index (χ3n) is 6.74. The zero-order valence-electron chi connectivity index (χ0n) is 14.9. The maximum atomic E-state index is 12.1. The van der Waals surface area contributed by atoms with Crippen molar-refractivity contribution in [1.29, 1.82) is 0 Å². The zero-order valence-corrected chi connectivity index (χ0v) is 16.5. The van der Waals surface area contributed by atoms with Crippen molar-refractivity contribution in [2.24, 2.45) is 11.8 Å². The predicted octanol–water partition coefficient (Wildman–Crippen LogP) is 0.803. The monoisotopic (exact) mass is 401 g/mol. The summed E-state index contributed by atoms with van der Waals surface area (Å²) in [4.78, 5) is 0.